The molecular formula is C13H22N4O2S. The number of hydrogen-bond donors (Lipinski definition) is 4. The number of anilines is 2. The number of nitrogens with zero attached hydrogens (tertiary/aromatic N) is 1. The molecule has 1 atom stereocenters. The highest BCUT2D eigenvalue weighted by Gasteiger charge is 2.21. The zero-order valence-electron chi connectivity index (χ0n) is 11.7. The summed E-state index contributed by atoms with van der Waals surface area (Å²) in [5, 5.41) is 15.7. The predicted octanol–water partition coefficient (Wildman–Crippen LogP) is 1.44. The molecule has 2 rings (SSSR count). The van der Waals surface area contributed by atoms with Crippen LogP contribution in [-0.4, -0.2) is 35.2 Å². The molecule has 1 saturated carbocycles. The second-order valence-electron chi connectivity index (χ2n) is 5.33. The maximum Gasteiger partial charge on any atom is 0.265 e. The molecule has 0 spiro atoms. The van der Waals surface area contributed by atoms with Crippen molar-refractivity contribution in [3.63, 3.8) is 0 Å². The van der Waals surface area contributed by atoms with Gasteiger partial charge in [0.2, 0.25) is 0 Å². The topological polar surface area (TPSA) is 100 Å². The average molecular weight is 298 g/mol. The van der Waals surface area contributed by atoms with Gasteiger partial charge in [-0.05, 0) is 31.6 Å². The summed E-state index contributed by atoms with van der Waals surface area (Å²) in [5.41, 5.74) is 5.80. The van der Waals surface area contributed by atoms with Crippen LogP contribution in [-0.2, 0) is 0 Å². The van der Waals surface area contributed by atoms with E-state index in [4.69, 9.17) is 10.8 Å². The lowest BCUT2D eigenvalue weighted by molar-refractivity contribution is 0.0950. The molecule has 0 bridgehead atoms. The van der Waals surface area contributed by atoms with Gasteiger partial charge in [0, 0.05) is 19.2 Å². The van der Waals surface area contributed by atoms with E-state index in [1.165, 1.54) is 17.8 Å². The Balaban J connectivity index is 1.88. The quantitative estimate of drug-likeness (QED) is 0.610. The number of rotatable bonds is 7. The normalized spacial score (nSPS) is 16.5. The molecular weight excluding hydrogens is 276 g/mol. The van der Waals surface area contributed by atoms with Gasteiger partial charge < -0.3 is 21.5 Å². The Morgan fingerprint density at radius 2 is 2.35 bits per heavy atom. The Kier molecular flexibility index (Phi) is 5.19. The predicted molar refractivity (Wildman–Crippen MR) is 81.0 cm³/mol. The molecule has 1 aromatic rings. The molecule has 1 heterocycles. The third-order valence-electron chi connectivity index (χ3n) is 3.53. The SMILES string of the molecule is CC(CCO)CNC(=O)c1sc(NC2CCC2)nc1N. The Labute approximate surface area is 122 Å². The van der Waals surface area contributed by atoms with Crippen molar-refractivity contribution in [2.24, 2.45) is 5.92 Å². The maximum absolute atomic E-state index is 12.0. The van der Waals surface area contributed by atoms with Crippen LogP contribution in [0.3, 0.4) is 0 Å². The summed E-state index contributed by atoms with van der Waals surface area (Å²) in [6, 6.07) is 0.473. The fourth-order valence-electron chi connectivity index (χ4n) is 1.95. The van der Waals surface area contributed by atoms with E-state index in [1.807, 2.05) is 6.92 Å². The lowest BCUT2D eigenvalue weighted by Crippen LogP contribution is -2.28. The standard InChI is InChI=1S/C13H22N4O2S/c1-8(5-6-18)7-15-12(19)10-11(14)17-13(20-10)16-9-3-2-4-9/h8-9,18H,2-7,14H2,1H3,(H,15,19)(H,16,17). The van der Waals surface area contributed by atoms with Crippen molar-refractivity contribution < 1.29 is 9.90 Å². The summed E-state index contributed by atoms with van der Waals surface area (Å²) in [6.45, 7) is 2.65. The van der Waals surface area contributed by atoms with E-state index >= 15 is 0 Å². The van der Waals surface area contributed by atoms with E-state index in [9.17, 15) is 4.79 Å². The molecule has 1 unspecified atom stereocenters. The van der Waals surface area contributed by atoms with E-state index < -0.39 is 0 Å². The second-order valence-corrected chi connectivity index (χ2v) is 6.33. The Morgan fingerprint density at radius 3 is 2.95 bits per heavy atom. The highest BCUT2D eigenvalue weighted by atomic mass is 32.1. The van der Waals surface area contributed by atoms with Crippen LogP contribution in [0.1, 0.15) is 42.3 Å². The maximum atomic E-state index is 12.0. The van der Waals surface area contributed by atoms with E-state index in [-0.39, 0.29) is 24.2 Å². The molecule has 6 nitrogen and oxygen atoms in total. The summed E-state index contributed by atoms with van der Waals surface area (Å²) in [7, 11) is 0. The van der Waals surface area contributed by atoms with Crippen molar-refractivity contribution in [2.75, 3.05) is 24.2 Å². The minimum Gasteiger partial charge on any atom is -0.396 e. The van der Waals surface area contributed by atoms with Crippen LogP contribution in [0.15, 0.2) is 0 Å². The molecule has 0 radical (unpaired) electrons. The molecule has 1 aliphatic rings. The molecule has 5 N–H and O–H groups in total. The number of carbonyl (C=O) groups is 1. The number of hydrogen-bond acceptors (Lipinski definition) is 6. The fraction of sp³-hybridized carbons (Fsp3) is 0.692. The molecule has 1 amide bonds. The molecule has 0 aliphatic heterocycles. The van der Waals surface area contributed by atoms with Gasteiger partial charge in [-0.15, -0.1) is 0 Å². The molecule has 20 heavy (non-hydrogen) atoms. The van der Waals surface area contributed by atoms with Crippen LogP contribution in [0.2, 0.25) is 0 Å². The summed E-state index contributed by atoms with van der Waals surface area (Å²) < 4.78 is 0. The van der Waals surface area contributed by atoms with Crippen LogP contribution in [0.25, 0.3) is 0 Å². The fourth-order valence-corrected chi connectivity index (χ4v) is 2.83. The van der Waals surface area contributed by atoms with Crippen molar-refractivity contribution in [3.8, 4) is 0 Å². The van der Waals surface area contributed by atoms with Crippen LogP contribution in [0, 0.1) is 5.92 Å². The number of aromatic nitrogens is 1. The summed E-state index contributed by atoms with van der Waals surface area (Å²) in [6.07, 6.45) is 4.22. The summed E-state index contributed by atoms with van der Waals surface area (Å²) >= 11 is 1.30. The van der Waals surface area contributed by atoms with E-state index in [2.05, 4.69) is 15.6 Å². The number of amides is 1. The first kappa shape index (κ1) is 15.1. The minimum atomic E-state index is -0.188. The molecule has 1 aromatic heterocycles. The summed E-state index contributed by atoms with van der Waals surface area (Å²) in [4.78, 5) is 16.7. The van der Waals surface area contributed by atoms with E-state index in [1.54, 1.807) is 0 Å². The smallest absolute Gasteiger partial charge is 0.265 e. The number of nitrogens with one attached hydrogen (secondary N) is 2. The Morgan fingerprint density at radius 1 is 1.60 bits per heavy atom. The first-order valence-electron chi connectivity index (χ1n) is 7.02. The van der Waals surface area contributed by atoms with Gasteiger partial charge >= 0.3 is 0 Å². The molecule has 1 fully saturated rings. The average Bonchev–Trinajstić information content (AvgIpc) is 2.73. The first-order chi connectivity index (χ1) is 9.60. The summed E-state index contributed by atoms with van der Waals surface area (Å²) in [5.74, 6) is 0.334. The number of thiazole rings is 1. The zero-order valence-corrected chi connectivity index (χ0v) is 12.5. The highest BCUT2D eigenvalue weighted by Crippen LogP contribution is 2.29. The Bertz CT molecular complexity index is 459. The van der Waals surface area contributed by atoms with Crippen molar-refractivity contribution in [1.82, 2.24) is 10.3 Å². The zero-order chi connectivity index (χ0) is 14.5. The first-order valence-corrected chi connectivity index (χ1v) is 7.83. The molecule has 7 heteroatoms. The van der Waals surface area contributed by atoms with Gasteiger partial charge in [0.1, 0.15) is 10.7 Å². The lowest BCUT2D eigenvalue weighted by Gasteiger charge is -2.25. The van der Waals surface area contributed by atoms with Gasteiger partial charge in [0.15, 0.2) is 5.13 Å². The molecule has 0 saturated heterocycles. The largest absolute Gasteiger partial charge is 0.396 e. The van der Waals surface area contributed by atoms with Crippen molar-refractivity contribution in [3.05, 3.63) is 4.88 Å². The highest BCUT2D eigenvalue weighted by molar-refractivity contribution is 7.18. The Hall–Kier alpha value is -1.34. The van der Waals surface area contributed by atoms with Gasteiger partial charge in [-0.2, -0.15) is 0 Å². The van der Waals surface area contributed by atoms with Crippen LogP contribution in [0.4, 0.5) is 10.9 Å². The van der Waals surface area contributed by atoms with Crippen molar-refractivity contribution in [1.29, 1.82) is 0 Å². The van der Waals surface area contributed by atoms with Gasteiger partial charge in [-0.3, -0.25) is 4.79 Å². The van der Waals surface area contributed by atoms with Crippen LogP contribution >= 0.6 is 11.3 Å². The second kappa shape index (κ2) is 6.90. The number of nitrogen functional groups attached to an aromatic ring is 1. The van der Waals surface area contributed by atoms with Gasteiger partial charge in [0.25, 0.3) is 5.91 Å². The molecule has 1 aliphatic carbocycles. The van der Waals surface area contributed by atoms with Gasteiger partial charge in [0.05, 0.1) is 0 Å². The molecule has 112 valence electrons. The number of aliphatic hydroxyl groups is 1. The third-order valence-corrected chi connectivity index (χ3v) is 4.53. The van der Waals surface area contributed by atoms with E-state index in [0.29, 0.717) is 23.9 Å². The van der Waals surface area contributed by atoms with Crippen LogP contribution in [0.5, 0.6) is 0 Å². The number of aliphatic hydroxyl groups excluding tert-OH is 1. The lowest BCUT2D eigenvalue weighted by atomic mass is 9.93. The van der Waals surface area contributed by atoms with Gasteiger partial charge in [-0.25, -0.2) is 4.98 Å². The third kappa shape index (κ3) is 3.83. The van der Waals surface area contributed by atoms with Crippen LogP contribution < -0.4 is 16.4 Å². The van der Waals surface area contributed by atoms with Crippen molar-refractivity contribution >= 4 is 28.2 Å². The molecule has 0 aromatic carbocycles. The number of nitrogens with two attached hydrogens (primary N) is 1. The number of carbonyl (C=O) groups excluding carboxylic acids is 1. The van der Waals surface area contributed by atoms with Gasteiger partial charge in [-0.1, -0.05) is 18.3 Å². The van der Waals surface area contributed by atoms with Crippen molar-refractivity contribution in [2.45, 2.75) is 38.6 Å². The van der Waals surface area contributed by atoms with E-state index in [0.717, 1.165) is 18.0 Å². The monoisotopic (exact) mass is 298 g/mol. The minimum absolute atomic E-state index is 0.134.